The van der Waals surface area contributed by atoms with Gasteiger partial charge in [-0.3, -0.25) is 4.79 Å². The van der Waals surface area contributed by atoms with Crippen LogP contribution in [0.25, 0.3) is 0 Å². The van der Waals surface area contributed by atoms with Crippen LogP contribution in [0.15, 0.2) is 53.5 Å². The van der Waals surface area contributed by atoms with E-state index in [0.29, 0.717) is 6.54 Å². The number of guanidine groups is 1. The van der Waals surface area contributed by atoms with Crippen LogP contribution in [-0.4, -0.2) is 51.1 Å². The Bertz CT molecular complexity index is 821. The number of methoxy groups -OCH3 is 1. The van der Waals surface area contributed by atoms with Gasteiger partial charge in [-0.25, -0.2) is 4.99 Å². The first-order chi connectivity index (χ1) is 13.1. The van der Waals surface area contributed by atoms with E-state index in [1.807, 2.05) is 30.3 Å². The number of ether oxygens (including phenoxy) is 1. The zero-order chi connectivity index (χ0) is 19.2. The third-order valence-electron chi connectivity index (χ3n) is 4.61. The molecule has 28 heavy (non-hydrogen) atoms. The molecule has 1 aliphatic rings. The summed E-state index contributed by atoms with van der Waals surface area (Å²) in [7, 11) is 5.16. The van der Waals surface area contributed by atoms with E-state index in [9.17, 15) is 4.79 Å². The summed E-state index contributed by atoms with van der Waals surface area (Å²) in [5.74, 6) is 1.57. The van der Waals surface area contributed by atoms with Crippen molar-refractivity contribution in [2.45, 2.75) is 13.0 Å². The molecule has 0 aliphatic carbocycles. The van der Waals surface area contributed by atoms with Gasteiger partial charge < -0.3 is 19.9 Å². The van der Waals surface area contributed by atoms with Crippen LogP contribution in [0, 0.1) is 0 Å². The third-order valence-corrected chi connectivity index (χ3v) is 4.61. The molecule has 0 atom stereocenters. The number of halogens is 1. The van der Waals surface area contributed by atoms with E-state index >= 15 is 0 Å². The van der Waals surface area contributed by atoms with Crippen molar-refractivity contribution >= 4 is 41.5 Å². The standard InChI is InChI=1S/C21H26N4O2.HI/c1-24(2)20(26)15-23-21(22-14-16-8-10-18(27-3)11-9-16)25-13-12-17-6-4-5-7-19(17)25;/h4-11H,12-15H2,1-3H3,(H,22,23);1H. The molecule has 1 heterocycles. The Kier molecular flexibility index (Phi) is 8.10. The minimum absolute atomic E-state index is 0. The fourth-order valence-electron chi connectivity index (χ4n) is 3.00. The zero-order valence-electron chi connectivity index (χ0n) is 16.5. The smallest absolute Gasteiger partial charge is 0.241 e. The molecule has 1 amide bonds. The van der Waals surface area contributed by atoms with Gasteiger partial charge in [0.25, 0.3) is 0 Å². The minimum Gasteiger partial charge on any atom is -0.497 e. The molecule has 1 N–H and O–H groups in total. The topological polar surface area (TPSA) is 57.2 Å². The SMILES string of the molecule is COc1ccc(CN=C(NCC(=O)N(C)C)N2CCc3ccccc32)cc1.I. The molecular formula is C21H27IN4O2. The second-order valence-corrected chi connectivity index (χ2v) is 6.66. The molecule has 2 aromatic rings. The third kappa shape index (κ3) is 5.37. The van der Waals surface area contributed by atoms with Crippen LogP contribution in [0.2, 0.25) is 0 Å². The molecule has 0 aromatic heterocycles. The van der Waals surface area contributed by atoms with Crippen LogP contribution in [0.4, 0.5) is 5.69 Å². The average Bonchev–Trinajstić information content (AvgIpc) is 3.12. The van der Waals surface area contributed by atoms with Gasteiger partial charge in [0.15, 0.2) is 5.96 Å². The molecule has 7 heteroatoms. The highest BCUT2D eigenvalue weighted by atomic mass is 127. The average molecular weight is 494 g/mol. The molecule has 0 unspecified atom stereocenters. The van der Waals surface area contributed by atoms with E-state index < -0.39 is 0 Å². The van der Waals surface area contributed by atoms with Crippen molar-refractivity contribution in [3.05, 3.63) is 59.7 Å². The van der Waals surface area contributed by atoms with Gasteiger partial charge in [0.05, 0.1) is 20.2 Å². The largest absolute Gasteiger partial charge is 0.497 e. The number of carbonyl (C=O) groups excluding carboxylic acids is 1. The summed E-state index contributed by atoms with van der Waals surface area (Å²) >= 11 is 0. The van der Waals surface area contributed by atoms with E-state index in [1.165, 1.54) is 5.56 Å². The summed E-state index contributed by atoms with van der Waals surface area (Å²) in [5.41, 5.74) is 3.53. The summed E-state index contributed by atoms with van der Waals surface area (Å²) in [6, 6.07) is 16.2. The molecule has 0 fully saturated rings. The quantitative estimate of drug-likeness (QED) is 0.395. The van der Waals surface area contributed by atoms with E-state index in [2.05, 4.69) is 28.4 Å². The van der Waals surface area contributed by atoms with Gasteiger partial charge in [0, 0.05) is 26.3 Å². The monoisotopic (exact) mass is 494 g/mol. The van der Waals surface area contributed by atoms with Gasteiger partial charge in [-0.1, -0.05) is 30.3 Å². The number of carbonyl (C=O) groups is 1. The van der Waals surface area contributed by atoms with Crippen molar-refractivity contribution in [1.82, 2.24) is 10.2 Å². The summed E-state index contributed by atoms with van der Waals surface area (Å²) in [6.07, 6.45) is 0.973. The van der Waals surface area contributed by atoms with Crippen LogP contribution in [0.1, 0.15) is 11.1 Å². The van der Waals surface area contributed by atoms with Crippen LogP contribution >= 0.6 is 24.0 Å². The number of benzene rings is 2. The van der Waals surface area contributed by atoms with Crippen molar-refractivity contribution in [1.29, 1.82) is 0 Å². The Labute approximate surface area is 183 Å². The Morgan fingerprint density at radius 2 is 1.89 bits per heavy atom. The number of anilines is 1. The van der Waals surface area contributed by atoms with E-state index in [0.717, 1.165) is 35.9 Å². The highest BCUT2D eigenvalue weighted by molar-refractivity contribution is 14.0. The van der Waals surface area contributed by atoms with Gasteiger partial charge in [-0.05, 0) is 35.7 Å². The van der Waals surface area contributed by atoms with Crippen molar-refractivity contribution in [2.24, 2.45) is 4.99 Å². The van der Waals surface area contributed by atoms with Crippen molar-refractivity contribution in [3.63, 3.8) is 0 Å². The number of hydrogen-bond donors (Lipinski definition) is 1. The minimum atomic E-state index is 0. The summed E-state index contributed by atoms with van der Waals surface area (Å²) in [4.78, 5) is 20.5. The molecule has 0 bridgehead atoms. The predicted molar refractivity (Wildman–Crippen MR) is 124 cm³/mol. The Morgan fingerprint density at radius 1 is 1.18 bits per heavy atom. The lowest BCUT2D eigenvalue weighted by atomic mass is 10.2. The van der Waals surface area contributed by atoms with Crippen molar-refractivity contribution in [3.8, 4) is 5.75 Å². The number of nitrogens with zero attached hydrogens (tertiary/aromatic N) is 3. The molecule has 0 radical (unpaired) electrons. The zero-order valence-corrected chi connectivity index (χ0v) is 18.8. The summed E-state index contributed by atoms with van der Waals surface area (Å²) < 4.78 is 5.20. The van der Waals surface area contributed by atoms with Crippen molar-refractivity contribution in [2.75, 3.05) is 39.2 Å². The maximum atomic E-state index is 12.0. The maximum Gasteiger partial charge on any atom is 0.241 e. The van der Waals surface area contributed by atoms with Gasteiger partial charge in [0.2, 0.25) is 5.91 Å². The van der Waals surface area contributed by atoms with E-state index in [4.69, 9.17) is 9.73 Å². The number of nitrogens with one attached hydrogen (secondary N) is 1. The molecule has 0 saturated heterocycles. The molecular weight excluding hydrogens is 467 g/mol. The fraction of sp³-hybridized carbons (Fsp3) is 0.333. The second-order valence-electron chi connectivity index (χ2n) is 6.66. The lowest BCUT2D eigenvalue weighted by Gasteiger charge is -2.23. The molecule has 2 aromatic carbocycles. The highest BCUT2D eigenvalue weighted by Crippen LogP contribution is 2.27. The highest BCUT2D eigenvalue weighted by Gasteiger charge is 2.23. The molecule has 3 rings (SSSR count). The van der Waals surface area contributed by atoms with E-state index in [-0.39, 0.29) is 36.4 Å². The van der Waals surface area contributed by atoms with Gasteiger partial charge in [-0.2, -0.15) is 0 Å². The number of para-hydroxylation sites is 1. The van der Waals surface area contributed by atoms with E-state index in [1.54, 1.807) is 26.1 Å². The van der Waals surface area contributed by atoms with Crippen LogP contribution in [-0.2, 0) is 17.8 Å². The predicted octanol–water partition coefficient (Wildman–Crippen LogP) is 2.91. The number of rotatable bonds is 5. The Balaban J connectivity index is 0.00000280. The Morgan fingerprint density at radius 3 is 2.57 bits per heavy atom. The number of likely N-dealkylation sites (N-methyl/N-ethyl adjacent to an activating group) is 1. The molecule has 1 aliphatic heterocycles. The fourth-order valence-corrected chi connectivity index (χ4v) is 3.00. The molecule has 150 valence electrons. The molecule has 0 spiro atoms. The number of aliphatic imine (C=N–C) groups is 1. The van der Waals surface area contributed by atoms with Gasteiger partial charge in [-0.15, -0.1) is 24.0 Å². The first-order valence-corrected chi connectivity index (χ1v) is 9.05. The number of fused-ring (bicyclic) bond motifs is 1. The summed E-state index contributed by atoms with van der Waals surface area (Å²) in [6.45, 7) is 1.60. The first kappa shape index (κ1) is 22.0. The Hall–Kier alpha value is -2.29. The normalized spacial score (nSPS) is 12.8. The molecule has 6 nitrogen and oxygen atoms in total. The molecule has 0 saturated carbocycles. The van der Waals surface area contributed by atoms with Crippen molar-refractivity contribution < 1.29 is 9.53 Å². The lowest BCUT2D eigenvalue weighted by molar-refractivity contribution is -0.127. The second kappa shape index (κ2) is 10.3. The lowest BCUT2D eigenvalue weighted by Crippen LogP contribution is -2.45. The van der Waals surface area contributed by atoms with Crippen LogP contribution in [0.5, 0.6) is 5.75 Å². The van der Waals surface area contributed by atoms with Crippen LogP contribution in [0.3, 0.4) is 0 Å². The maximum absolute atomic E-state index is 12.0. The van der Waals surface area contributed by atoms with Crippen LogP contribution < -0.4 is 15.0 Å². The first-order valence-electron chi connectivity index (χ1n) is 9.05. The van der Waals surface area contributed by atoms with Gasteiger partial charge in [0.1, 0.15) is 5.75 Å². The number of hydrogen-bond acceptors (Lipinski definition) is 3. The number of amides is 1. The van der Waals surface area contributed by atoms with Gasteiger partial charge >= 0.3 is 0 Å². The summed E-state index contributed by atoms with van der Waals surface area (Å²) in [5, 5.41) is 3.24.